The lowest BCUT2D eigenvalue weighted by molar-refractivity contribution is -0.137. The van der Waals surface area contributed by atoms with Gasteiger partial charge in [-0.1, -0.05) is 73.6 Å². The van der Waals surface area contributed by atoms with Gasteiger partial charge in [-0.15, -0.1) is 0 Å². The van der Waals surface area contributed by atoms with E-state index in [0.717, 1.165) is 11.2 Å². The molecule has 4 N–H and O–H groups in total. The fourth-order valence-electron chi connectivity index (χ4n) is 3.79. The van der Waals surface area contributed by atoms with Crippen molar-refractivity contribution in [3.05, 3.63) is 83.7 Å². The first-order valence-corrected chi connectivity index (χ1v) is 13.6. The van der Waals surface area contributed by atoms with Crippen LogP contribution in [0.1, 0.15) is 25.0 Å². The number of sulfone groups is 1. The molecule has 0 unspecified atom stereocenters. The largest absolute Gasteiger partial charge is 0.409 e. The summed E-state index contributed by atoms with van der Waals surface area (Å²) in [4.78, 5) is 26.3. The molecule has 200 valence electrons. The summed E-state index contributed by atoms with van der Waals surface area (Å²) in [6, 6.07) is 17.4. The van der Waals surface area contributed by atoms with Gasteiger partial charge in [0, 0.05) is 23.9 Å². The van der Waals surface area contributed by atoms with Gasteiger partial charge in [-0.3, -0.25) is 14.5 Å². The summed E-state index contributed by atoms with van der Waals surface area (Å²) in [6.07, 6.45) is 0.879. The van der Waals surface area contributed by atoms with Gasteiger partial charge in [-0.25, -0.2) is 12.8 Å². The van der Waals surface area contributed by atoms with Crippen molar-refractivity contribution in [2.45, 2.75) is 25.3 Å². The number of benzene rings is 3. The molecule has 0 fully saturated rings. The second kappa shape index (κ2) is 11.9. The van der Waals surface area contributed by atoms with Crippen molar-refractivity contribution in [2.24, 2.45) is 16.8 Å². The number of carbonyl (C=O) groups excluding carboxylic acids is 2. The van der Waals surface area contributed by atoms with Crippen LogP contribution in [-0.4, -0.2) is 44.1 Å². The lowest BCUT2D eigenvalue weighted by Gasteiger charge is -2.25. The molecule has 0 aliphatic heterocycles. The molecular weight excluding hydrogens is 511 g/mol. The predicted molar refractivity (Wildman–Crippen MR) is 143 cm³/mol. The Morgan fingerprint density at radius 2 is 1.76 bits per heavy atom. The summed E-state index contributed by atoms with van der Waals surface area (Å²) in [5.41, 5.74) is 6.64. The molecule has 3 rings (SSSR count). The van der Waals surface area contributed by atoms with Crippen LogP contribution in [0.25, 0.3) is 11.1 Å². The second-order valence-electron chi connectivity index (χ2n) is 9.09. The SMILES string of the molecule is CC(C)CNC(=O)C(=O)N(Cc1cccc(C(N)=NO)c1)c1ccc(-c2ccccc2)c(S(C)(=O)=O)c1F. The maximum atomic E-state index is 16.1. The Hall–Kier alpha value is -4.25. The topological polar surface area (TPSA) is 142 Å². The Kier molecular flexibility index (Phi) is 8.84. The normalized spacial score (nSPS) is 11.9. The number of amides is 2. The standard InChI is InChI=1S/C27H29FN4O5S/c1-17(2)15-30-26(33)27(34)32(16-18-8-7-11-20(14-18)25(29)31-35)22-13-12-21(19-9-5-4-6-10-19)24(23(22)28)38(3,36)37/h4-14,17,35H,15-16H2,1-3H3,(H2,29,31)(H,30,33). The van der Waals surface area contributed by atoms with Crippen LogP contribution in [0.15, 0.2) is 76.8 Å². The minimum absolute atomic E-state index is 0.0522. The molecule has 0 heterocycles. The van der Waals surface area contributed by atoms with Gasteiger partial charge in [0.15, 0.2) is 21.5 Å². The van der Waals surface area contributed by atoms with Gasteiger partial charge in [0.05, 0.1) is 12.2 Å². The lowest BCUT2D eigenvalue weighted by atomic mass is 10.0. The maximum Gasteiger partial charge on any atom is 0.316 e. The van der Waals surface area contributed by atoms with Crippen molar-refractivity contribution in [2.75, 3.05) is 17.7 Å². The van der Waals surface area contributed by atoms with Gasteiger partial charge in [0.2, 0.25) is 0 Å². The molecule has 0 saturated heterocycles. The zero-order valence-electron chi connectivity index (χ0n) is 21.2. The third kappa shape index (κ3) is 6.54. The molecule has 0 radical (unpaired) electrons. The highest BCUT2D eigenvalue weighted by atomic mass is 32.2. The van der Waals surface area contributed by atoms with Crippen molar-refractivity contribution in [3.63, 3.8) is 0 Å². The fourth-order valence-corrected chi connectivity index (χ4v) is 4.81. The van der Waals surface area contributed by atoms with Gasteiger partial charge >= 0.3 is 11.8 Å². The van der Waals surface area contributed by atoms with Crippen molar-refractivity contribution in [1.29, 1.82) is 0 Å². The van der Waals surface area contributed by atoms with Crippen LogP contribution in [0.3, 0.4) is 0 Å². The van der Waals surface area contributed by atoms with Gasteiger partial charge in [0.1, 0.15) is 4.90 Å². The highest BCUT2D eigenvalue weighted by molar-refractivity contribution is 7.90. The summed E-state index contributed by atoms with van der Waals surface area (Å²) in [6.45, 7) is 3.61. The van der Waals surface area contributed by atoms with E-state index in [9.17, 15) is 18.0 Å². The van der Waals surface area contributed by atoms with Crippen molar-refractivity contribution in [3.8, 4) is 11.1 Å². The van der Waals surface area contributed by atoms with Crippen LogP contribution in [0.2, 0.25) is 0 Å². The minimum Gasteiger partial charge on any atom is -0.409 e. The van der Waals surface area contributed by atoms with E-state index >= 15 is 4.39 Å². The third-order valence-electron chi connectivity index (χ3n) is 5.60. The van der Waals surface area contributed by atoms with Gasteiger partial charge < -0.3 is 16.3 Å². The monoisotopic (exact) mass is 540 g/mol. The van der Waals surface area contributed by atoms with Gasteiger partial charge in [-0.2, -0.15) is 0 Å². The molecule has 0 atom stereocenters. The Bertz CT molecular complexity index is 1470. The highest BCUT2D eigenvalue weighted by Gasteiger charge is 2.30. The first kappa shape index (κ1) is 28.3. The molecule has 9 nitrogen and oxygen atoms in total. The Labute approximate surface area is 220 Å². The Balaban J connectivity index is 2.18. The summed E-state index contributed by atoms with van der Waals surface area (Å²) >= 11 is 0. The van der Waals surface area contributed by atoms with Crippen LogP contribution >= 0.6 is 0 Å². The number of carbonyl (C=O) groups is 2. The van der Waals surface area contributed by atoms with E-state index in [0.29, 0.717) is 16.7 Å². The van der Waals surface area contributed by atoms with E-state index in [4.69, 9.17) is 10.9 Å². The highest BCUT2D eigenvalue weighted by Crippen LogP contribution is 2.35. The third-order valence-corrected chi connectivity index (χ3v) is 6.75. The number of oxime groups is 1. The quantitative estimate of drug-likeness (QED) is 0.132. The van der Waals surface area contributed by atoms with Crippen LogP contribution in [0, 0.1) is 11.7 Å². The number of anilines is 1. The van der Waals surface area contributed by atoms with Gasteiger partial charge in [0.25, 0.3) is 0 Å². The maximum absolute atomic E-state index is 16.1. The van der Waals surface area contributed by atoms with E-state index in [-0.39, 0.29) is 36.1 Å². The fraction of sp³-hybridized carbons (Fsp3) is 0.222. The number of nitrogens with zero attached hydrogens (tertiary/aromatic N) is 2. The molecule has 0 aliphatic carbocycles. The smallest absolute Gasteiger partial charge is 0.316 e. The molecule has 3 aromatic carbocycles. The molecule has 0 bridgehead atoms. The summed E-state index contributed by atoms with van der Waals surface area (Å²) in [5, 5.41) is 14.5. The summed E-state index contributed by atoms with van der Waals surface area (Å²) < 4.78 is 41.6. The van der Waals surface area contributed by atoms with E-state index in [1.54, 1.807) is 48.5 Å². The molecule has 11 heteroatoms. The van der Waals surface area contributed by atoms with Crippen LogP contribution < -0.4 is 16.0 Å². The molecule has 0 aliphatic rings. The number of amidine groups is 1. The van der Waals surface area contributed by atoms with Crippen LogP contribution in [0.4, 0.5) is 10.1 Å². The molecule has 38 heavy (non-hydrogen) atoms. The molecule has 0 aromatic heterocycles. The average molecular weight is 541 g/mol. The second-order valence-corrected chi connectivity index (χ2v) is 11.0. The Morgan fingerprint density at radius 3 is 2.37 bits per heavy atom. The summed E-state index contributed by atoms with van der Waals surface area (Å²) in [7, 11) is -4.10. The molecule has 2 amide bonds. The van der Waals surface area contributed by atoms with Gasteiger partial charge in [-0.05, 0) is 29.2 Å². The van der Waals surface area contributed by atoms with Crippen molar-refractivity contribution in [1.82, 2.24) is 5.32 Å². The average Bonchev–Trinajstić information content (AvgIpc) is 2.89. The molecule has 0 saturated carbocycles. The number of hydrogen-bond donors (Lipinski definition) is 3. The molecule has 3 aromatic rings. The number of halogens is 1. The Morgan fingerprint density at radius 1 is 1.08 bits per heavy atom. The molecular formula is C27H29FN4O5S. The first-order chi connectivity index (χ1) is 17.9. The van der Waals surface area contributed by atoms with E-state index in [1.807, 2.05) is 13.8 Å². The van der Waals surface area contributed by atoms with Crippen LogP contribution in [0.5, 0.6) is 0 Å². The van der Waals surface area contributed by atoms with Crippen molar-refractivity contribution >= 4 is 33.2 Å². The van der Waals surface area contributed by atoms with E-state index in [1.165, 1.54) is 18.2 Å². The zero-order chi connectivity index (χ0) is 28.0. The zero-order valence-corrected chi connectivity index (χ0v) is 22.0. The minimum atomic E-state index is -4.10. The number of nitrogens with two attached hydrogens (primary N) is 1. The molecule has 0 spiro atoms. The predicted octanol–water partition coefficient (Wildman–Crippen LogP) is 3.30. The lowest BCUT2D eigenvalue weighted by Crippen LogP contribution is -2.44. The first-order valence-electron chi connectivity index (χ1n) is 11.7. The number of rotatable bonds is 8. The van der Waals surface area contributed by atoms with Crippen molar-refractivity contribution < 1.29 is 27.6 Å². The van der Waals surface area contributed by atoms with E-state index in [2.05, 4.69) is 10.5 Å². The van der Waals surface area contributed by atoms with Crippen LogP contribution in [-0.2, 0) is 26.0 Å². The number of nitrogens with one attached hydrogen (secondary N) is 1. The van der Waals surface area contributed by atoms with E-state index < -0.39 is 32.4 Å². The summed E-state index contributed by atoms with van der Waals surface area (Å²) in [5.74, 6) is -3.34. The number of hydrogen-bond acceptors (Lipinski definition) is 6.